The van der Waals surface area contributed by atoms with Crippen LogP contribution in [0, 0.1) is 0 Å². The van der Waals surface area contributed by atoms with Crippen molar-refractivity contribution in [2.24, 2.45) is 5.10 Å². The minimum Gasteiger partial charge on any atom is -0.490 e. The lowest BCUT2D eigenvalue weighted by Crippen LogP contribution is -2.06. The number of nitrogens with zero attached hydrogens (tertiary/aromatic N) is 2. The number of nitrogens with two attached hydrogens (primary N) is 1. The summed E-state index contributed by atoms with van der Waals surface area (Å²) in [5.74, 6) is 1.24. The summed E-state index contributed by atoms with van der Waals surface area (Å²) >= 11 is 1.40. The van der Waals surface area contributed by atoms with E-state index in [1.807, 2.05) is 30.3 Å². The molecule has 3 N–H and O–H groups in total. The van der Waals surface area contributed by atoms with Crippen molar-refractivity contribution >= 4 is 39.3 Å². The third-order valence-electron chi connectivity index (χ3n) is 3.35. The highest BCUT2D eigenvalue weighted by atomic mass is 32.1. The first kappa shape index (κ1) is 16.2. The molecule has 0 fully saturated rings. The molecule has 124 valence electrons. The van der Waals surface area contributed by atoms with Crippen molar-refractivity contribution in [1.82, 2.24) is 4.98 Å². The maximum atomic E-state index is 5.82. The largest absolute Gasteiger partial charge is 0.490 e. The van der Waals surface area contributed by atoms with E-state index >= 15 is 0 Å². The fourth-order valence-corrected chi connectivity index (χ4v) is 2.81. The third kappa shape index (κ3) is 3.81. The second-order valence-corrected chi connectivity index (χ2v) is 5.85. The van der Waals surface area contributed by atoms with Crippen LogP contribution in [0.5, 0.6) is 5.75 Å². The molecule has 0 radical (unpaired) electrons. The number of methoxy groups -OCH3 is 1. The maximum Gasteiger partial charge on any atom is 0.205 e. The number of thiazole rings is 1. The first-order valence-electron chi connectivity index (χ1n) is 7.41. The number of fused-ring (bicyclic) bond motifs is 1. The summed E-state index contributed by atoms with van der Waals surface area (Å²) < 4.78 is 10.9. The van der Waals surface area contributed by atoms with Gasteiger partial charge in [0.25, 0.3) is 0 Å². The van der Waals surface area contributed by atoms with Crippen molar-refractivity contribution in [2.45, 2.75) is 0 Å². The molecule has 0 aliphatic heterocycles. The van der Waals surface area contributed by atoms with Crippen LogP contribution in [0.3, 0.4) is 0 Å². The van der Waals surface area contributed by atoms with E-state index in [1.54, 1.807) is 18.7 Å². The Bertz CT molecular complexity index is 847. The Morgan fingerprint density at radius 2 is 2.12 bits per heavy atom. The number of anilines is 2. The summed E-state index contributed by atoms with van der Waals surface area (Å²) in [6.07, 6.45) is 1.74. The molecule has 0 bridgehead atoms. The predicted molar refractivity (Wildman–Crippen MR) is 99.1 cm³/mol. The van der Waals surface area contributed by atoms with Crippen LogP contribution < -0.4 is 15.9 Å². The number of aromatic nitrogens is 1. The first-order valence-corrected chi connectivity index (χ1v) is 8.29. The lowest BCUT2D eigenvalue weighted by Gasteiger charge is -2.11. The van der Waals surface area contributed by atoms with Gasteiger partial charge in [0.05, 0.1) is 12.8 Å². The molecular formula is C17H18N4O2S. The second-order valence-electron chi connectivity index (χ2n) is 4.99. The first-order chi connectivity index (χ1) is 11.8. The Hall–Kier alpha value is -2.64. The average molecular weight is 342 g/mol. The molecular weight excluding hydrogens is 324 g/mol. The lowest BCUT2D eigenvalue weighted by molar-refractivity contribution is 0.146. The van der Waals surface area contributed by atoms with Crippen molar-refractivity contribution in [3.05, 3.63) is 47.3 Å². The second kappa shape index (κ2) is 7.76. The zero-order valence-electron chi connectivity index (χ0n) is 13.2. The molecule has 0 saturated carbocycles. The molecule has 6 nitrogen and oxygen atoms in total. The molecule has 0 unspecified atom stereocenters. The number of hydrogen-bond acceptors (Lipinski definition) is 7. The van der Waals surface area contributed by atoms with Crippen LogP contribution >= 0.6 is 11.3 Å². The van der Waals surface area contributed by atoms with E-state index in [4.69, 9.17) is 15.2 Å². The molecule has 0 saturated heterocycles. The van der Waals surface area contributed by atoms with Crippen LogP contribution in [0.4, 0.5) is 10.9 Å². The molecule has 1 aromatic heterocycles. The van der Waals surface area contributed by atoms with Gasteiger partial charge < -0.3 is 15.2 Å². The van der Waals surface area contributed by atoms with Crippen LogP contribution in [0.15, 0.2) is 46.9 Å². The minimum atomic E-state index is 0.478. The van der Waals surface area contributed by atoms with Gasteiger partial charge in [-0.1, -0.05) is 30.3 Å². The number of rotatable bonds is 7. The smallest absolute Gasteiger partial charge is 0.205 e. The van der Waals surface area contributed by atoms with Crippen molar-refractivity contribution in [3.8, 4) is 5.75 Å². The van der Waals surface area contributed by atoms with Crippen molar-refractivity contribution in [3.63, 3.8) is 0 Å². The van der Waals surface area contributed by atoms with Crippen LogP contribution in [-0.4, -0.2) is 31.5 Å². The SMILES string of the molecule is COCCOc1ccc2ccccc2c1C=NNc1nc(N)cs1. The van der Waals surface area contributed by atoms with Gasteiger partial charge in [-0.2, -0.15) is 5.10 Å². The van der Waals surface area contributed by atoms with Crippen LogP contribution in [0.2, 0.25) is 0 Å². The highest BCUT2D eigenvalue weighted by Gasteiger charge is 2.07. The van der Waals surface area contributed by atoms with E-state index < -0.39 is 0 Å². The maximum absolute atomic E-state index is 5.82. The fourth-order valence-electron chi connectivity index (χ4n) is 2.26. The van der Waals surface area contributed by atoms with E-state index in [0.717, 1.165) is 22.1 Å². The van der Waals surface area contributed by atoms with Crippen molar-refractivity contribution in [2.75, 3.05) is 31.5 Å². The molecule has 0 amide bonds. The monoisotopic (exact) mass is 342 g/mol. The molecule has 0 atom stereocenters. The van der Waals surface area contributed by atoms with Crippen molar-refractivity contribution < 1.29 is 9.47 Å². The normalized spacial score (nSPS) is 11.2. The molecule has 24 heavy (non-hydrogen) atoms. The summed E-state index contributed by atoms with van der Waals surface area (Å²) in [5.41, 5.74) is 9.40. The lowest BCUT2D eigenvalue weighted by atomic mass is 10.0. The zero-order chi connectivity index (χ0) is 16.8. The fraction of sp³-hybridized carbons (Fsp3) is 0.176. The number of hydrazone groups is 1. The van der Waals surface area contributed by atoms with E-state index in [-0.39, 0.29) is 0 Å². The van der Waals surface area contributed by atoms with Gasteiger partial charge in [0.15, 0.2) is 0 Å². The molecule has 0 spiro atoms. The third-order valence-corrected chi connectivity index (χ3v) is 4.12. The van der Waals surface area contributed by atoms with E-state index in [1.165, 1.54) is 11.3 Å². The quantitative estimate of drug-likeness (QED) is 0.391. The Balaban J connectivity index is 1.88. The standard InChI is InChI=1S/C17H18N4O2S/c1-22-8-9-23-15-7-6-12-4-2-3-5-13(12)14(15)10-19-21-17-20-16(18)11-24-17/h2-7,10-11H,8-9,18H2,1H3,(H,20,21). The Kier molecular flexibility index (Phi) is 5.25. The van der Waals surface area contributed by atoms with Gasteiger partial charge in [0.1, 0.15) is 18.2 Å². The minimum absolute atomic E-state index is 0.478. The van der Waals surface area contributed by atoms with Gasteiger partial charge in [-0.05, 0) is 16.8 Å². The Morgan fingerprint density at radius 3 is 2.92 bits per heavy atom. The molecule has 0 aliphatic carbocycles. The zero-order valence-corrected chi connectivity index (χ0v) is 14.0. The van der Waals surface area contributed by atoms with E-state index in [2.05, 4.69) is 21.6 Å². The number of nitrogens with one attached hydrogen (secondary N) is 1. The Morgan fingerprint density at radius 1 is 1.25 bits per heavy atom. The molecule has 3 rings (SSSR count). The summed E-state index contributed by atoms with van der Waals surface area (Å²) in [7, 11) is 1.65. The van der Waals surface area contributed by atoms with Crippen LogP contribution in [-0.2, 0) is 4.74 Å². The van der Waals surface area contributed by atoms with Crippen LogP contribution in [0.1, 0.15) is 5.56 Å². The van der Waals surface area contributed by atoms with E-state index in [9.17, 15) is 0 Å². The van der Waals surface area contributed by atoms with E-state index in [0.29, 0.717) is 24.2 Å². The highest BCUT2D eigenvalue weighted by Crippen LogP contribution is 2.27. The average Bonchev–Trinajstić information content (AvgIpc) is 3.01. The molecule has 0 aliphatic rings. The summed E-state index contributed by atoms with van der Waals surface area (Å²) in [5, 5.41) is 8.86. The van der Waals surface area contributed by atoms with Gasteiger partial charge in [0, 0.05) is 18.1 Å². The summed E-state index contributed by atoms with van der Waals surface area (Å²) in [6.45, 7) is 1.01. The van der Waals surface area contributed by atoms with Gasteiger partial charge >= 0.3 is 0 Å². The highest BCUT2D eigenvalue weighted by molar-refractivity contribution is 7.14. The van der Waals surface area contributed by atoms with Gasteiger partial charge in [-0.15, -0.1) is 11.3 Å². The summed E-state index contributed by atoms with van der Waals surface area (Å²) in [4.78, 5) is 4.11. The number of nitrogen functional groups attached to an aromatic ring is 1. The Labute approximate surface area is 143 Å². The van der Waals surface area contributed by atoms with Gasteiger partial charge in [0.2, 0.25) is 5.13 Å². The number of hydrogen-bond donors (Lipinski definition) is 2. The molecule has 1 heterocycles. The number of ether oxygens (including phenoxy) is 2. The molecule has 3 aromatic rings. The summed E-state index contributed by atoms with van der Waals surface area (Å²) in [6, 6.07) is 12.1. The topological polar surface area (TPSA) is 81.8 Å². The molecule has 7 heteroatoms. The van der Waals surface area contributed by atoms with Crippen molar-refractivity contribution in [1.29, 1.82) is 0 Å². The van der Waals surface area contributed by atoms with Crippen LogP contribution in [0.25, 0.3) is 10.8 Å². The molecule has 2 aromatic carbocycles. The predicted octanol–water partition coefficient (Wildman–Crippen LogP) is 3.35. The van der Waals surface area contributed by atoms with Gasteiger partial charge in [-0.3, -0.25) is 5.43 Å². The van der Waals surface area contributed by atoms with Gasteiger partial charge in [-0.25, -0.2) is 4.98 Å². The number of benzene rings is 2.